The van der Waals surface area contributed by atoms with Gasteiger partial charge in [-0.2, -0.15) is 0 Å². The van der Waals surface area contributed by atoms with Crippen molar-refractivity contribution in [2.24, 2.45) is 46.3 Å². The lowest BCUT2D eigenvalue weighted by Crippen LogP contribution is -2.53. The maximum Gasteiger partial charge on any atom is 0.0431 e. The van der Waals surface area contributed by atoms with E-state index in [0.29, 0.717) is 17.4 Å². The lowest BCUT2D eigenvalue weighted by molar-refractivity contribution is -0.118. The average Bonchev–Trinajstić information content (AvgIpc) is 3.01. The van der Waals surface area contributed by atoms with Crippen LogP contribution in [0.25, 0.3) is 0 Å². The molecule has 0 aromatic heterocycles. The second-order valence-electron chi connectivity index (χ2n) is 11.6. The summed E-state index contributed by atoms with van der Waals surface area (Å²) in [4.78, 5) is 0. The van der Waals surface area contributed by atoms with Gasteiger partial charge in [-0.25, -0.2) is 0 Å². The SMILES string of the molecule is CCC1CCC2(C)C(CCC3C4CCC(CCCCCO)C4(C)CCC32)C1. The molecule has 1 nitrogen and oxygen atoms in total. The molecule has 4 rings (SSSR count). The van der Waals surface area contributed by atoms with Gasteiger partial charge in [-0.05, 0) is 117 Å². The molecule has 4 fully saturated rings. The van der Waals surface area contributed by atoms with Crippen LogP contribution in [-0.2, 0) is 0 Å². The molecule has 4 aliphatic rings. The molecule has 0 amide bonds. The highest BCUT2D eigenvalue weighted by molar-refractivity contribution is 5.09. The first-order valence-electron chi connectivity index (χ1n) is 12.6. The number of hydrogen-bond acceptors (Lipinski definition) is 1. The molecular formula is C26H46O. The topological polar surface area (TPSA) is 20.2 Å². The highest BCUT2D eigenvalue weighted by Gasteiger charge is 2.59. The molecule has 0 aromatic rings. The van der Waals surface area contributed by atoms with Crippen molar-refractivity contribution in [2.75, 3.05) is 6.61 Å². The molecule has 0 aromatic carbocycles. The third-order valence-corrected chi connectivity index (χ3v) is 10.8. The molecule has 1 N–H and O–H groups in total. The predicted molar refractivity (Wildman–Crippen MR) is 115 cm³/mol. The van der Waals surface area contributed by atoms with E-state index in [1.165, 1.54) is 64.2 Å². The fourth-order valence-electron chi connectivity index (χ4n) is 8.98. The van der Waals surface area contributed by atoms with Gasteiger partial charge in [0.1, 0.15) is 0 Å². The molecule has 0 saturated heterocycles. The van der Waals surface area contributed by atoms with Gasteiger partial charge in [0.05, 0.1) is 0 Å². The summed E-state index contributed by atoms with van der Waals surface area (Å²) in [5.74, 6) is 6.16. The smallest absolute Gasteiger partial charge is 0.0431 e. The minimum atomic E-state index is 0.382. The monoisotopic (exact) mass is 374 g/mol. The predicted octanol–water partition coefficient (Wildman–Crippen LogP) is 7.22. The molecule has 8 unspecified atom stereocenters. The van der Waals surface area contributed by atoms with E-state index < -0.39 is 0 Å². The van der Waals surface area contributed by atoms with Crippen molar-refractivity contribution >= 4 is 0 Å². The van der Waals surface area contributed by atoms with E-state index in [1.807, 2.05) is 0 Å². The Kier molecular flexibility index (Phi) is 6.00. The summed E-state index contributed by atoms with van der Waals surface area (Å²) < 4.78 is 0. The van der Waals surface area contributed by atoms with Gasteiger partial charge in [0.25, 0.3) is 0 Å². The molecule has 8 atom stereocenters. The lowest BCUT2D eigenvalue weighted by Gasteiger charge is -2.61. The van der Waals surface area contributed by atoms with E-state index in [4.69, 9.17) is 5.11 Å². The standard InChI is InChI=1S/C26H46O/c1-4-19-13-15-26(3)21(18-19)9-11-22-23-12-10-20(8-6-5-7-17-27)25(23,2)16-14-24(22)26/h19-24,27H,4-18H2,1-3H3. The Bertz CT molecular complexity index is 500. The second kappa shape index (κ2) is 8.00. The number of fused-ring (bicyclic) bond motifs is 5. The molecule has 0 radical (unpaired) electrons. The normalized spacial score (nSPS) is 49.3. The molecule has 4 saturated carbocycles. The Morgan fingerprint density at radius 1 is 0.815 bits per heavy atom. The third kappa shape index (κ3) is 3.43. The first-order chi connectivity index (χ1) is 13.0. The molecule has 27 heavy (non-hydrogen) atoms. The van der Waals surface area contributed by atoms with Crippen LogP contribution in [0.1, 0.15) is 111 Å². The van der Waals surface area contributed by atoms with Crippen molar-refractivity contribution in [1.82, 2.24) is 0 Å². The summed E-state index contributed by atoms with van der Waals surface area (Å²) in [5, 5.41) is 9.08. The van der Waals surface area contributed by atoms with Gasteiger partial charge in [-0.1, -0.05) is 40.0 Å². The number of unbranched alkanes of at least 4 members (excludes halogenated alkanes) is 2. The van der Waals surface area contributed by atoms with Crippen LogP contribution in [0.4, 0.5) is 0 Å². The van der Waals surface area contributed by atoms with Crippen molar-refractivity contribution in [1.29, 1.82) is 0 Å². The van der Waals surface area contributed by atoms with E-state index in [1.54, 1.807) is 19.3 Å². The number of aliphatic hydroxyl groups excluding tert-OH is 1. The zero-order valence-electron chi connectivity index (χ0n) is 18.5. The van der Waals surface area contributed by atoms with Crippen LogP contribution in [0, 0.1) is 46.3 Å². The highest BCUT2D eigenvalue weighted by atomic mass is 16.2. The molecule has 0 aliphatic heterocycles. The Morgan fingerprint density at radius 3 is 2.37 bits per heavy atom. The number of aliphatic hydroxyl groups is 1. The van der Waals surface area contributed by atoms with E-state index in [2.05, 4.69) is 20.8 Å². The summed E-state index contributed by atoms with van der Waals surface area (Å²) in [6.07, 6.45) is 20.2. The Balaban J connectivity index is 1.44. The van der Waals surface area contributed by atoms with E-state index in [-0.39, 0.29) is 0 Å². The van der Waals surface area contributed by atoms with Crippen LogP contribution in [0.5, 0.6) is 0 Å². The summed E-state index contributed by atoms with van der Waals surface area (Å²) in [5.41, 5.74) is 1.32. The van der Waals surface area contributed by atoms with Gasteiger partial charge in [-0.15, -0.1) is 0 Å². The molecule has 0 bridgehead atoms. The van der Waals surface area contributed by atoms with Crippen LogP contribution < -0.4 is 0 Å². The maximum absolute atomic E-state index is 9.08. The van der Waals surface area contributed by atoms with E-state index >= 15 is 0 Å². The summed E-state index contributed by atoms with van der Waals surface area (Å²) in [6, 6.07) is 0. The Labute approximate surface area is 169 Å². The molecule has 156 valence electrons. The van der Waals surface area contributed by atoms with Gasteiger partial charge < -0.3 is 5.11 Å². The summed E-state index contributed by atoms with van der Waals surface area (Å²) in [6.45, 7) is 8.22. The quantitative estimate of drug-likeness (QED) is 0.486. The van der Waals surface area contributed by atoms with Crippen molar-refractivity contribution < 1.29 is 5.11 Å². The van der Waals surface area contributed by atoms with Crippen molar-refractivity contribution in [3.8, 4) is 0 Å². The Morgan fingerprint density at radius 2 is 1.59 bits per heavy atom. The first-order valence-corrected chi connectivity index (χ1v) is 12.6. The summed E-state index contributed by atoms with van der Waals surface area (Å²) >= 11 is 0. The molecule has 4 aliphatic carbocycles. The lowest BCUT2D eigenvalue weighted by atomic mass is 9.44. The fourth-order valence-corrected chi connectivity index (χ4v) is 8.98. The van der Waals surface area contributed by atoms with Crippen LogP contribution in [-0.4, -0.2) is 11.7 Å². The first kappa shape index (κ1) is 20.2. The van der Waals surface area contributed by atoms with E-state index in [0.717, 1.165) is 41.9 Å². The van der Waals surface area contributed by atoms with Gasteiger partial charge >= 0.3 is 0 Å². The number of hydrogen-bond donors (Lipinski definition) is 1. The van der Waals surface area contributed by atoms with Gasteiger partial charge in [-0.3, -0.25) is 0 Å². The minimum absolute atomic E-state index is 0.382. The Hall–Kier alpha value is -0.0400. The average molecular weight is 375 g/mol. The molecule has 1 heteroatoms. The maximum atomic E-state index is 9.08. The van der Waals surface area contributed by atoms with Gasteiger partial charge in [0.15, 0.2) is 0 Å². The second-order valence-corrected chi connectivity index (χ2v) is 11.6. The van der Waals surface area contributed by atoms with Crippen LogP contribution >= 0.6 is 0 Å². The summed E-state index contributed by atoms with van der Waals surface area (Å²) in [7, 11) is 0. The molecule has 0 heterocycles. The minimum Gasteiger partial charge on any atom is -0.396 e. The van der Waals surface area contributed by atoms with Gasteiger partial charge in [0.2, 0.25) is 0 Å². The van der Waals surface area contributed by atoms with Crippen LogP contribution in [0.15, 0.2) is 0 Å². The van der Waals surface area contributed by atoms with Crippen molar-refractivity contribution in [3.63, 3.8) is 0 Å². The van der Waals surface area contributed by atoms with Crippen molar-refractivity contribution in [3.05, 3.63) is 0 Å². The highest BCUT2D eigenvalue weighted by Crippen LogP contribution is 2.68. The third-order valence-electron chi connectivity index (χ3n) is 10.8. The largest absolute Gasteiger partial charge is 0.396 e. The van der Waals surface area contributed by atoms with Crippen LogP contribution in [0.2, 0.25) is 0 Å². The fraction of sp³-hybridized carbons (Fsp3) is 1.00. The van der Waals surface area contributed by atoms with Gasteiger partial charge in [0, 0.05) is 6.61 Å². The zero-order valence-corrected chi connectivity index (χ0v) is 18.5. The van der Waals surface area contributed by atoms with Crippen LogP contribution in [0.3, 0.4) is 0 Å². The zero-order chi connectivity index (χ0) is 19.1. The number of rotatable bonds is 6. The van der Waals surface area contributed by atoms with Crippen molar-refractivity contribution in [2.45, 2.75) is 111 Å². The molecular weight excluding hydrogens is 328 g/mol. The van der Waals surface area contributed by atoms with E-state index in [9.17, 15) is 0 Å². The molecule has 0 spiro atoms.